The van der Waals surface area contributed by atoms with Crippen molar-refractivity contribution in [1.82, 2.24) is 4.90 Å². The zero-order valence-electron chi connectivity index (χ0n) is 14.5. The number of nitrogens with zero attached hydrogens (tertiary/aromatic N) is 1. The molecular weight excluding hydrogens is 342 g/mol. The fourth-order valence-electron chi connectivity index (χ4n) is 2.60. The number of fused-ring (bicyclic) bond motifs is 1. The Labute approximate surface area is 150 Å². The van der Waals surface area contributed by atoms with Gasteiger partial charge in [0.25, 0.3) is 11.8 Å². The van der Waals surface area contributed by atoms with Gasteiger partial charge in [0.15, 0.2) is 11.7 Å². The summed E-state index contributed by atoms with van der Waals surface area (Å²) >= 11 is 0. The molecule has 0 N–H and O–H groups in total. The molecule has 138 valence electrons. The molecule has 0 unspecified atom stereocenters. The van der Waals surface area contributed by atoms with Gasteiger partial charge in [0.1, 0.15) is 0 Å². The maximum Gasteiger partial charge on any atom is 0.320 e. The maximum absolute atomic E-state index is 12.3. The van der Waals surface area contributed by atoms with Crippen molar-refractivity contribution in [2.24, 2.45) is 5.92 Å². The summed E-state index contributed by atoms with van der Waals surface area (Å²) in [6, 6.07) is 6.24. The van der Waals surface area contributed by atoms with E-state index in [0.717, 1.165) is 4.90 Å². The Bertz CT molecular complexity index is 703. The fourth-order valence-corrected chi connectivity index (χ4v) is 2.60. The van der Waals surface area contributed by atoms with E-state index in [0.29, 0.717) is 0 Å². The topological polar surface area (TPSA) is 107 Å². The molecule has 0 saturated carbocycles. The number of amides is 2. The van der Waals surface area contributed by atoms with Gasteiger partial charge in [-0.15, -0.1) is 0 Å². The number of Topliss-reactive ketones (excluding diaryl/α,β-unsaturated/α-hetero) is 1. The Kier molecular flexibility index (Phi) is 6.21. The second kappa shape index (κ2) is 8.37. The van der Waals surface area contributed by atoms with Crippen LogP contribution in [0.2, 0.25) is 0 Å². The molecule has 0 saturated heterocycles. The van der Waals surface area contributed by atoms with Crippen molar-refractivity contribution in [2.45, 2.75) is 20.3 Å². The van der Waals surface area contributed by atoms with E-state index in [9.17, 15) is 24.0 Å². The van der Waals surface area contributed by atoms with Gasteiger partial charge in [-0.05, 0) is 26.0 Å². The summed E-state index contributed by atoms with van der Waals surface area (Å²) < 4.78 is 9.59. The highest BCUT2D eigenvalue weighted by Crippen LogP contribution is 2.22. The van der Waals surface area contributed by atoms with Crippen LogP contribution in [0.1, 0.15) is 41.0 Å². The summed E-state index contributed by atoms with van der Waals surface area (Å²) in [7, 11) is 0. The molecular formula is C18H19NO7. The third kappa shape index (κ3) is 3.96. The summed E-state index contributed by atoms with van der Waals surface area (Å²) in [4.78, 5) is 61.5. The van der Waals surface area contributed by atoms with Crippen LogP contribution in [0.3, 0.4) is 0 Å². The third-order valence-corrected chi connectivity index (χ3v) is 3.79. The van der Waals surface area contributed by atoms with Crippen LogP contribution in [0.4, 0.5) is 0 Å². The van der Waals surface area contributed by atoms with Crippen molar-refractivity contribution in [3.05, 3.63) is 35.4 Å². The molecule has 0 spiro atoms. The molecule has 0 radical (unpaired) electrons. The molecule has 2 amide bonds. The van der Waals surface area contributed by atoms with E-state index in [1.165, 1.54) is 12.1 Å². The summed E-state index contributed by atoms with van der Waals surface area (Å²) in [6.45, 7) is 2.70. The number of carbonyl (C=O) groups is 5. The fraction of sp³-hybridized carbons (Fsp3) is 0.389. The Hall–Kier alpha value is -3.03. The average molecular weight is 361 g/mol. The summed E-state index contributed by atoms with van der Waals surface area (Å²) in [5, 5.41) is 0. The quantitative estimate of drug-likeness (QED) is 0.386. The molecule has 0 bridgehead atoms. The summed E-state index contributed by atoms with van der Waals surface area (Å²) in [5.74, 6) is -4.95. The van der Waals surface area contributed by atoms with Crippen molar-refractivity contribution >= 4 is 29.5 Å². The van der Waals surface area contributed by atoms with Gasteiger partial charge in [-0.3, -0.25) is 28.9 Å². The molecule has 0 aromatic heterocycles. The van der Waals surface area contributed by atoms with Gasteiger partial charge in [0, 0.05) is 6.42 Å². The number of hydrogen-bond donors (Lipinski definition) is 0. The molecule has 1 aromatic rings. The monoisotopic (exact) mass is 361 g/mol. The summed E-state index contributed by atoms with van der Waals surface area (Å²) in [6.07, 6.45) is -0.509. The molecule has 0 aliphatic carbocycles. The average Bonchev–Trinajstić information content (AvgIpc) is 2.85. The molecule has 1 heterocycles. The first-order valence-corrected chi connectivity index (χ1v) is 8.20. The number of hydrogen-bond acceptors (Lipinski definition) is 7. The number of imide groups is 1. The highest BCUT2D eigenvalue weighted by Gasteiger charge is 2.38. The van der Waals surface area contributed by atoms with Crippen LogP contribution in [0, 0.1) is 5.92 Å². The number of esters is 2. The van der Waals surface area contributed by atoms with Gasteiger partial charge in [-0.2, -0.15) is 0 Å². The molecule has 8 nitrogen and oxygen atoms in total. The van der Waals surface area contributed by atoms with E-state index in [2.05, 4.69) is 0 Å². The van der Waals surface area contributed by atoms with Crippen LogP contribution in [-0.4, -0.2) is 54.2 Å². The highest BCUT2D eigenvalue weighted by molar-refractivity contribution is 6.22. The zero-order valence-corrected chi connectivity index (χ0v) is 14.5. The SMILES string of the molecule is CCOC(=O)C(CC(=O)CN1C(=O)c2ccccc2C1=O)C(=O)OCC. The first kappa shape index (κ1) is 19.3. The number of ether oxygens (including phenoxy) is 2. The lowest BCUT2D eigenvalue weighted by Crippen LogP contribution is -2.37. The van der Waals surface area contributed by atoms with E-state index in [1.807, 2.05) is 0 Å². The molecule has 26 heavy (non-hydrogen) atoms. The number of ketones is 1. The smallest absolute Gasteiger partial charge is 0.320 e. The normalized spacial score (nSPS) is 13.0. The maximum atomic E-state index is 12.3. The van der Waals surface area contributed by atoms with Crippen molar-refractivity contribution in [2.75, 3.05) is 19.8 Å². The Morgan fingerprint density at radius 3 is 1.81 bits per heavy atom. The van der Waals surface area contributed by atoms with Gasteiger partial charge in [0.05, 0.1) is 30.9 Å². The lowest BCUT2D eigenvalue weighted by atomic mass is 10.0. The predicted molar refractivity (Wildman–Crippen MR) is 88.2 cm³/mol. The van der Waals surface area contributed by atoms with E-state index in [4.69, 9.17) is 9.47 Å². The van der Waals surface area contributed by atoms with Crippen LogP contribution in [0.15, 0.2) is 24.3 Å². The molecule has 1 aromatic carbocycles. The zero-order chi connectivity index (χ0) is 19.3. The standard InChI is InChI=1S/C18H19NO7/c1-3-25-17(23)14(18(24)26-4-2)9-11(20)10-19-15(21)12-7-5-6-8-13(12)16(19)22/h5-8,14H,3-4,9-10H2,1-2H3. The Morgan fingerprint density at radius 1 is 0.923 bits per heavy atom. The van der Waals surface area contributed by atoms with Gasteiger partial charge in [0.2, 0.25) is 0 Å². The van der Waals surface area contributed by atoms with Crippen LogP contribution in [-0.2, 0) is 23.9 Å². The second-order valence-electron chi connectivity index (χ2n) is 5.54. The van der Waals surface area contributed by atoms with E-state index in [1.54, 1.807) is 26.0 Å². The van der Waals surface area contributed by atoms with Crippen molar-refractivity contribution in [3.63, 3.8) is 0 Å². The van der Waals surface area contributed by atoms with E-state index in [-0.39, 0.29) is 24.3 Å². The van der Waals surface area contributed by atoms with Crippen LogP contribution < -0.4 is 0 Å². The lowest BCUT2D eigenvalue weighted by molar-refractivity contribution is -0.163. The minimum atomic E-state index is -1.42. The van der Waals surface area contributed by atoms with E-state index < -0.39 is 48.4 Å². The number of rotatable bonds is 8. The first-order chi connectivity index (χ1) is 12.4. The Morgan fingerprint density at radius 2 is 1.38 bits per heavy atom. The first-order valence-electron chi connectivity index (χ1n) is 8.20. The molecule has 8 heteroatoms. The lowest BCUT2D eigenvalue weighted by Gasteiger charge is -2.16. The molecule has 0 fully saturated rings. The van der Waals surface area contributed by atoms with Gasteiger partial charge in [-0.1, -0.05) is 12.1 Å². The largest absolute Gasteiger partial charge is 0.465 e. The molecule has 1 aliphatic rings. The van der Waals surface area contributed by atoms with Crippen molar-refractivity contribution < 1.29 is 33.4 Å². The molecule has 2 rings (SSSR count). The third-order valence-electron chi connectivity index (χ3n) is 3.79. The van der Waals surface area contributed by atoms with Crippen LogP contribution in [0.25, 0.3) is 0 Å². The minimum absolute atomic E-state index is 0.0430. The van der Waals surface area contributed by atoms with Crippen LogP contribution >= 0.6 is 0 Å². The van der Waals surface area contributed by atoms with E-state index >= 15 is 0 Å². The van der Waals surface area contributed by atoms with Gasteiger partial charge < -0.3 is 9.47 Å². The van der Waals surface area contributed by atoms with Crippen molar-refractivity contribution in [1.29, 1.82) is 0 Å². The summed E-state index contributed by atoms with van der Waals surface area (Å²) in [5.41, 5.74) is 0.440. The highest BCUT2D eigenvalue weighted by atomic mass is 16.6. The Balaban J connectivity index is 2.09. The van der Waals surface area contributed by atoms with Crippen LogP contribution in [0.5, 0.6) is 0 Å². The van der Waals surface area contributed by atoms with Crippen molar-refractivity contribution in [3.8, 4) is 0 Å². The van der Waals surface area contributed by atoms with Gasteiger partial charge in [-0.25, -0.2) is 0 Å². The minimum Gasteiger partial charge on any atom is -0.465 e. The molecule has 0 atom stereocenters. The molecule has 1 aliphatic heterocycles. The number of carbonyl (C=O) groups excluding carboxylic acids is 5. The predicted octanol–water partition coefficient (Wildman–Crippen LogP) is 0.984. The number of benzene rings is 1. The second-order valence-corrected chi connectivity index (χ2v) is 5.54. The van der Waals surface area contributed by atoms with Gasteiger partial charge >= 0.3 is 11.9 Å².